The van der Waals surface area contributed by atoms with Crippen LogP contribution in [0, 0.1) is 0 Å². The largest absolute Gasteiger partial charge is 0.480 e. The van der Waals surface area contributed by atoms with E-state index >= 15 is 0 Å². The van der Waals surface area contributed by atoms with Gasteiger partial charge in [-0.05, 0) is 25.0 Å². The van der Waals surface area contributed by atoms with Crippen LogP contribution in [0.15, 0.2) is 35.1 Å². The quantitative estimate of drug-likeness (QED) is 0.902. The number of carbonyl (C=O) groups is 2. The normalized spacial score (nSPS) is 16.4. The average molecular weight is 314 g/mol. The van der Waals surface area contributed by atoms with Gasteiger partial charge in [0.1, 0.15) is 11.2 Å². The first-order valence-electron chi connectivity index (χ1n) is 7.59. The number of rotatable bonds is 3. The van der Waals surface area contributed by atoms with Gasteiger partial charge in [0.15, 0.2) is 5.43 Å². The average Bonchev–Trinajstić information content (AvgIpc) is 3.00. The summed E-state index contributed by atoms with van der Waals surface area (Å²) in [7, 11) is 1.69. The van der Waals surface area contributed by atoms with Crippen LogP contribution in [-0.2, 0) is 11.8 Å². The van der Waals surface area contributed by atoms with E-state index in [9.17, 15) is 19.5 Å². The van der Waals surface area contributed by atoms with Crippen molar-refractivity contribution in [3.8, 4) is 0 Å². The zero-order chi connectivity index (χ0) is 16.6. The first kappa shape index (κ1) is 15.3. The van der Waals surface area contributed by atoms with Crippen LogP contribution in [0.3, 0.4) is 0 Å². The highest BCUT2D eigenvalue weighted by Crippen LogP contribution is 2.30. The number of pyridine rings is 1. The van der Waals surface area contributed by atoms with Crippen LogP contribution in [0.25, 0.3) is 10.9 Å². The fourth-order valence-electron chi connectivity index (χ4n) is 3.27. The number of nitrogens with zero attached hydrogens (tertiary/aromatic N) is 1. The van der Waals surface area contributed by atoms with Crippen LogP contribution in [0.5, 0.6) is 0 Å². The lowest BCUT2D eigenvalue weighted by Crippen LogP contribution is -2.53. The zero-order valence-electron chi connectivity index (χ0n) is 12.8. The van der Waals surface area contributed by atoms with Gasteiger partial charge in [0.2, 0.25) is 0 Å². The van der Waals surface area contributed by atoms with E-state index in [1.54, 1.807) is 35.9 Å². The second-order valence-corrected chi connectivity index (χ2v) is 6.02. The SMILES string of the molecule is Cn1c(C(=O)NC2(C(=O)O)CCCC2)cc(=O)c2ccccc21. The molecule has 6 nitrogen and oxygen atoms in total. The van der Waals surface area contributed by atoms with E-state index in [-0.39, 0.29) is 11.1 Å². The van der Waals surface area contributed by atoms with Crippen molar-refractivity contribution in [2.75, 3.05) is 0 Å². The number of carbonyl (C=O) groups excluding carboxylic acids is 1. The maximum atomic E-state index is 12.6. The monoisotopic (exact) mass is 314 g/mol. The minimum absolute atomic E-state index is 0.168. The number of aryl methyl sites for hydroxylation is 1. The fourth-order valence-corrected chi connectivity index (χ4v) is 3.27. The number of benzene rings is 1. The van der Waals surface area contributed by atoms with Gasteiger partial charge in [-0.1, -0.05) is 25.0 Å². The summed E-state index contributed by atoms with van der Waals surface area (Å²) < 4.78 is 1.62. The minimum Gasteiger partial charge on any atom is -0.480 e. The van der Waals surface area contributed by atoms with Crippen LogP contribution in [-0.4, -0.2) is 27.1 Å². The number of hydrogen-bond acceptors (Lipinski definition) is 3. The Kier molecular flexibility index (Phi) is 3.67. The Labute approximate surface area is 132 Å². The number of aliphatic carboxylic acids is 1. The van der Waals surface area contributed by atoms with E-state index in [1.807, 2.05) is 0 Å². The highest BCUT2D eigenvalue weighted by molar-refractivity contribution is 5.98. The molecule has 3 rings (SSSR count). The summed E-state index contributed by atoms with van der Waals surface area (Å²) in [6, 6.07) is 8.29. The highest BCUT2D eigenvalue weighted by atomic mass is 16.4. The van der Waals surface area contributed by atoms with Gasteiger partial charge < -0.3 is 15.0 Å². The lowest BCUT2D eigenvalue weighted by Gasteiger charge is -2.26. The molecule has 0 bridgehead atoms. The maximum absolute atomic E-state index is 12.6. The van der Waals surface area contributed by atoms with E-state index in [2.05, 4.69) is 5.32 Å². The maximum Gasteiger partial charge on any atom is 0.329 e. The van der Waals surface area contributed by atoms with Gasteiger partial charge in [0, 0.05) is 18.5 Å². The molecule has 23 heavy (non-hydrogen) atoms. The fraction of sp³-hybridized carbons (Fsp3) is 0.353. The first-order chi connectivity index (χ1) is 10.9. The third-order valence-electron chi connectivity index (χ3n) is 4.61. The molecule has 1 fully saturated rings. The molecule has 1 saturated carbocycles. The molecule has 1 aliphatic rings. The molecular weight excluding hydrogens is 296 g/mol. The third-order valence-corrected chi connectivity index (χ3v) is 4.61. The lowest BCUT2D eigenvalue weighted by molar-refractivity contribution is -0.144. The minimum atomic E-state index is -1.22. The Morgan fingerprint density at radius 1 is 1.22 bits per heavy atom. The van der Waals surface area contributed by atoms with Crippen LogP contribution in [0.1, 0.15) is 36.2 Å². The summed E-state index contributed by atoms with van der Waals surface area (Å²) in [5.41, 5.74) is -0.666. The molecule has 120 valence electrons. The van der Waals surface area contributed by atoms with Gasteiger partial charge >= 0.3 is 5.97 Å². The van der Waals surface area contributed by atoms with Crippen molar-refractivity contribution in [2.24, 2.45) is 7.05 Å². The molecule has 0 saturated heterocycles. The molecule has 2 aromatic rings. The van der Waals surface area contributed by atoms with Crippen LogP contribution < -0.4 is 10.7 Å². The van der Waals surface area contributed by atoms with Gasteiger partial charge in [-0.25, -0.2) is 4.79 Å². The number of amides is 1. The topological polar surface area (TPSA) is 88.4 Å². The molecule has 1 aliphatic carbocycles. The van der Waals surface area contributed by atoms with E-state index in [1.165, 1.54) is 6.07 Å². The number of nitrogens with one attached hydrogen (secondary N) is 1. The molecule has 0 spiro atoms. The summed E-state index contributed by atoms with van der Waals surface area (Å²) in [5.74, 6) is -1.55. The number of carboxylic acids is 1. The molecule has 1 aromatic carbocycles. The number of carboxylic acid groups (broad SMARTS) is 1. The van der Waals surface area contributed by atoms with E-state index in [0.717, 1.165) is 12.8 Å². The number of aromatic nitrogens is 1. The Balaban J connectivity index is 2.03. The molecule has 6 heteroatoms. The van der Waals surface area contributed by atoms with Gasteiger partial charge in [-0.15, -0.1) is 0 Å². The Morgan fingerprint density at radius 2 is 1.87 bits per heavy atom. The van der Waals surface area contributed by atoms with E-state index in [0.29, 0.717) is 23.7 Å². The van der Waals surface area contributed by atoms with Crippen molar-refractivity contribution < 1.29 is 14.7 Å². The van der Waals surface area contributed by atoms with Gasteiger partial charge in [-0.2, -0.15) is 0 Å². The van der Waals surface area contributed by atoms with Crippen molar-refractivity contribution in [2.45, 2.75) is 31.2 Å². The molecular formula is C17H18N2O4. The molecule has 1 amide bonds. The third kappa shape index (κ3) is 2.50. The summed E-state index contributed by atoms with van der Waals surface area (Å²) in [5, 5.41) is 12.6. The van der Waals surface area contributed by atoms with E-state index < -0.39 is 17.4 Å². The molecule has 0 atom stereocenters. The summed E-state index contributed by atoms with van der Waals surface area (Å²) in [4.78, 5) is 36.4. The van der Waals surface area contributed by atoms with Crippen molar-refractivity contribution in [1.82, 2.24) is 9.88 Å². The second kappa shape index (κ2) is 5.53. The smallest absolute Gasteiger partial charge is 0.329 e. The predicted molar refractivity (Wildman–Crippen MR) is 85.5 cm³/mol. The van der Waals surface area contributed by atoms with E-state index in [4.69, 9.17) is 0 Å². The first-order valence-corrected chi connectivity index (χ1v) is 7.59. The standard InChI is InChI=1S/C17H18N2O4/c1-19-12-7-3-2-6-11(12)14(20)10-13(19)15(21)18-17(16(22)23)8-4-5-9-17/h2-3,6-7,10H,4-5,8-9H2,1H3,(H,18,21)(H,22,23). The van der Waals surface area contributed by atoms with Gasteiger partial charge in [0.05, 0.1) is 5.52 Å². The number of para-hydroxylation sites is 1. The predicted octanol–water partition coefficient (Wildman–Crippen LogP) is 1.67. The van der Waals surface area contributed by atoms with Crippen molar-refractivity contribution >= 4 is 22.8 Å². The number of hydrogen-bond donors (Lipinski definition) is 2. The summed E-state index contributed by atoms with van der Waals surface area (Å²) in [6.45, 7) is 0. The van der Waals surface area contributed by atoms with Gasteiger partial charge in [-0.3, -0.25) is 9.59 Å². The lowest BCUT2D eigenvalue weighted by atomic mass is 9.97. The highest BCUT2D eigenvalue weighted by Gasteiger charge is 2.43. The van der Waals surface area contributed by atoms with Crippen LogP contribution in [0.2, 0.25) is 0 Å². The van der Waals surface area contributed by atoms with Crippen LogP contribution in [0.4, 0.5) is 0 Å². The summed E-state index contributed by atoms with van der Waals surface area (Å²) in [6.07, 6.45) is 2.36. The van der Waals surface area contributed by atoms with Gasteiger partial charge in [0.25, 0.3) is 5.91 Å². The number of fused-ring (bicyclic) bond motifs is 1. The molecule has 0 radical (unpaired) electrons. The zero-order valence-corrected chi connectivity index (χ0v) is 12.8. The Hall–Kier alpha value is -2.63. The van der Waals surface area contributed by atoms with Crippen LogP contribution >= 0.6 is 0 Å². The Morgan fingerprint density at radius 3 is 2.52 bits per heavy atom. The van der Waals surface area contributed by atoms with Crippen molar-refractivity contribution in [3.63, 3.8) is 0 Å². The Bertz CT molecular complexity index is 847. The molecule has 0 aliphatic heterocycles. The molecule has 2 N–H and O–H groups in total. The molecule has 0 unspecified atom stereocenters. The summed E-state index contributed by atoms with van der Waals surface area (Å²) >= 11 is 0. The van der Waals surface area contributed by atoms with Crippen molar-refractivity contribution in [3.05, 3.63) is 46.2 Å². The molecule has 1 aromatic heterocycles. The van der Waals surface area contributed by atoms with Crippen molar-refractivity contribution in [1.29, 1.82) is 0 Å². The molecule has 1 heterocycles. The second-order valence-electron chi connectivity index (χ2n) is 6.02.